The average molecular weight is 645 g/mol. The molecule has 0 N–H and O–H groups in total. The zero-order valence-electron chi connectivity index (χ0n) is 47.0. The Hall–Kier alpha value is -6.44. The molecule has 49 heavy (non-hydrogen) atoms. The Morgan fingerprint density at radius 2 is 0.959 bits per heavy atom. The maximum Gasteiger partial charge on any atom is 0.136 e. The van der Waals surface area contributed by atoms with Gasteiger partial charge in [-0.25, -0.2) is 0 Å². The van der Waals surface area contributed by atoms with Crippen LogP contribution in [0.25, 0.3) is 98.8 Å². The maximum absolute atomic E-state index is 9.60. The summed E-state index contributed by atoms with van der Waals surface area (Å²) in [7, 11) is 0. The van der Waals surface area contributed by atoms with E-state index in [1.165, 1.54) is 0 Å². The van der Waals surface area contributed by atoms with Gasteiger partial charge in [0.1, 0.15) is 11.2 Å². The summed E-state index contributed by atoms with van der Waals surface area (Å²) < 4.78 is 202. The molecule has 9 aromatic carbocycles. The van der Waals surface area contributed by atoms with E-state index in [4.69, 9.17) is 26.3 Å². The van der Waals surface area contributed by atoms with Gasteiger partial charge in [0, 0.05) is 10.8 Å². The molecule has 0 amide bonds. The second-order valence-corrected chi connectivity index (χ2v) is 11.1. The Morgan fingerprint density at radius 3 is 1.71 bits per heavy atom. The molecule has 0 fully saturated rings. The van der Waals surface area contributed by atoms with Crippen LogP contribution in [0.1, 0.15) is 30.2 Å². The number of rotatable bonds is 4. The molecule has 1 heterocycles. The highest BCUT2D eigenvalue weighted by Crippen LogP contribution is 2.47. The Bertz CT molecular complexity index is 4020. The van der Waals surface area contributed by atoms with Gasteiger partial charge in [0.25, 0.3) is 0 Å². The van der Waals surface area contributed by atoms with Crippen LogP contribution < -0.4 is 0 Å². The number of benzene rings is 9. The van der Waals surface area contributed by atoms with E-state index in [1.54, 1.807) is 48.5 Å². The summed E-state index contributed by atoms with van der Waals surface area (Å²) in [4.78, 5) is 0. The van der Waals surface area contributed by atoms with E-state index in [9.17, 15) is 8.22 Å². The van der Waals surface area contributed by atoms with Crippen molar-refractivity contribution >= 4 is 54.3 Å². The lowest BCUT2D eigenvalue weighted by Gasteiger charge is -2.18. The van der Waals surface area contributed by atoms with Gasteiger partial charge in [-0.15, -0.1) is 0 Å². The van der Waals surface area contributed by atoms with Crippen LogP contribution in [0.5, 0.6) is 0 Å². The van der Waals surface area contributed by atoms with Crippen LogP contribution in [0.2, 0.25) is 0 Å². The second-order valence-electron chi connectivity index (χ2n) is 11.1. The lowest BCUT2D eigenvalue weighted by Crippen LogP contribution is -1.91. The third-order valence-corrected chi connectivity index (χ3v) is 8.44. The van der Waals surface area contributed by atoms with E-state index < -0.39 is 172 Å². The first kappa shape index (κ1) is 13.6. The molecule has 0 saturated carbocycles. The third kappa shape index (κ3) is 4.40. The maximum atomic E-state index is 9.60. The van der Waals surface area contributed by atoms with Gasteiger partial charge >= 0.3 is 0 Å². The molecule has 1 nitrogen and oxygen atoms in total. The normalized spacial score (nSPS) is 18.0. The molecule has 0 spiro atoms. The van der Waals surface area contributed by atoms with Gasteiger partial charge in [-0.2, -0.15) is 0 Å². The fourth-order valence-electron chi connectivity index (χ4n) is 6.37. The molecule has 1 heteroatoms. The Kier molecular flexibility index (Phi) is 3.07. The van der Waals surface area contributed by atoms with E-state index in [1.807, 2.05) is 0 Å². The fraction of sp³-hybridized carbons (Fsp3) is 0. The molecule has 0 aliphatic carbocycles. The third-order valence-electron chi connectivity index (χ3n) is 8.44. The van der Waals surface area contributed by atoms with Gasteiger partial charge in [-0.05, 0) is 95.0 Å². The molecule has 0 aliphatic heterocycles. The fourth-order valence-corrected chi connectivity index (χ4v) is 6.37. The molecule has 0 radical (unpaired) electrons. The zero-order chi connectivity index (χ0) is 51.5. The van der Waals surface area contributed by atoms with E-state index in [0.717, 1.165) is 0 Å². The number of furan rings is 1. The van der Waals surface area contributed by atoms with Crippen molar-refractivity contribution < 1.29 is 34.6 Å². The first-order valence-electron chi connectivity index (χ1n) is 26.1. The second kappa shape index (κ2) is 11.1. The van der Waals surface area contributed by atoms with Crippen LogP contribution in [-0.4, -0.2) is 0 Å². The van der Waals surface area contributed by atoms with Crippen molar-refractivity contribution in [1.82, 2.24) is 0 Å². The highest BCUT2D eigenvalue weighted by atomic mass is 16.3. The van der Waals surface area contributed by atoms with Crippen LogP contribution in [0.15, 0.2) is 186 Å². The van der Waals surface area contributed by atoms with Crippen molar-refractivity contribution in [2.24, 2.45) is 0 Å². The topological polar surface area (TPSA) is 13.1 Å². The molecular formula is C48H30O. The van der Waals surface area contributed by atoms with Crippen LogP contribution in [0.4, 0.5) is 0 Å². The molecule has 10 rings (SSSR count). The first-order chi connectivity index (χ1) is 33.5. The van der Waals surface area contributed by atoms with Crippen molar-refractivity contribution in [2.75, 3.05) is 0 Å². The molecule has 0 unspecified atom stereocenters. The lowest BCUT2D eigenvalue weighted by atomic mass is 9.84. The predicted octanol–water partition coefficient (Wildman–Crippen LogP) is 13.7. The van der Waals surface area contributed by atoms with E-state index in [0.29, 0.717) is 0 Å². The minimum atomic E-state index is -0.768. The SMILES string of the molecule is [2H]c1c([2H])c([2H])c(-c2c([2H])c([2H])c3oc4c([2H])c([2H])c([2H])c(-c5c6ccccc6c(-c6c([2H])c([2H])c(-c7c([2H])c([2H])c([2H])c8c([2H])c([2H])c([2H])c([2H])c78)c([2H])c6[2H])c6ccccc56)c4c3c2[2H])c([2H])c1[2H]. The number of hydrogen-bond acceptors (Lipinski definition) is 1. The highest BCUT2D eigenvalue weighted by Gasteiger charge is 2.20. The van der Waals surface area contributed by atoms with Crippen molar-refractivity contribution in [3.8, 4) is 44.5 Å². The minimum Gasteiger partial charge on any atom is -0.456 e. The molecular weight excluding hydrogens is 593 g/mol. The highest BCUT2D eigenvalue weighted by molar-refractivity contribution is 6.25. The molecule has 0 atom stereocenters. The molecule has 10 aromatic rings. The van der Waals surface area contributed by atoms with Gasteiger partial charge < -0.3 is 4.42 Å². The lowest BCUT2D eigenvalue weighted by molar-refractivity contribution is 0.669. The van der Waals surface area contributed by atoms with E-state index in [-0.39, 0.29) is 60.2 Å². The van der Waals surface area contributed by atoms with Gasteiger partial charge in [0.15, 0.2) is 0 Å². The summed E-state index contributed by atoms with van der Waals surface area (Å²) in [5.74, 6) is 0. The van der Waals surface area contributed by atoms with Crippen molar-refractivity contribution in [2.45, 2.75) is 0 Å². The smallest absolute Gasteiger partial charge is 0.136 e. The zero-order valence-corrected chi connectivity index (χ0v) is 25.0. The Balaban J connectivity index is 1.35. The molecule has 1 aromatic heterocycles. The van der Waals surface area contributed by atoms with Gasteiger partial charge in [0.05, 0.1) is 30.2 Å². The van der Waals surface area contributed by atoms with Crippen LogP contribution >= 0.6 is 0 Å². The molecule has 0 saturated heterocycles. The van der Waals surface area contributed by atoms with Crippen LogP contribution in [0.3, 0.4) is 0 Å². The summed E-state index contributed by atoms with van der Waals surface area (Å²) >= 11 is 0. The van der Waals surface area contributed by atoms with Crippen molar-refractivity contribution in [1.29, 1.82) is 0 Å². The summed E-state index contributed by atoms with van der Waals surface area (Å²) in [6.45, 7) is 0. The van der Waals surface area contributed by atoms with Gasteiger partial charge in [-0.3, -0.25) is 0 Å². The largest absolute Gasteiger partial charge is 0.456 e. The average Bonchev–Trinajstić information content (AvgIpc) is 3.76. The summed E-state index contributed by atoms with van der Waals surface area (Å²) in [6.07, 6.45) is 0. The van der Waals surface area contributed by atoms with E-state index >= 15 is 0 Å². The van der Waals surface area contributed by atoms with Gasteiger partial charge in [-0.1, -0.05) is 163 Å². The van der Waals surface area contributed by atoms with Gasteiger partial charge in [0.2, 0.25) is 0 Å². The monoisotopic (exact) mass is 644 g/mol. The summed E-state index contributed by atoms with van der Waals surface area (Å²) in [5.41, 5.74) is -2.89. The summed E-state index contributed by atoms with van der Waals surface area (Å²) in [5, 5.41) is -0.167. The van der Waals surface area contributed by atoms with Crippen LogP contribution in [0, 0.1) is 0 Å². The van der Waals surface area contributed by atoms with Crippen molar-refractivity contribution in [3.05, 3.63) is 181 Å². The minimum absolute atomic E-state index is 0.102. The number of fused-ring (bicyclic) bond motifs is 6. The predicted molar refractivity (Wildman–Crippen MR) is 208 cm³/mol. The molecule has 0 aliphatic rings. The molecule has 228 valence electrons. The Morgan fingerprint density at radius 1 is 0.367 bits per heavy atom. The molecule has 0 bridgehead atoms. The quantitative estimate of drug-likeness (QED) is 0.174. The van der Waals surface area contributed by atoms with E-state index in [2.05, 4.69) is 0 Å². The van der Waals surface area contributed by atoms with Crippen molar-refractivity contribution in [3.63, 3.8) is 0 Å². The standard InChI is InChI=1S/C48H30O/c1-2-12-31(13-3-1)35-28-29-44-43(30-35)48-42(22-11-23-45(48)49-44)47-40-19-8-6-17-38(40)46(39-18-7-9-20-41(39)47)34-26-24-33(25-27-34)37-21-10-15-32-14-4-5-16-36(32)37/h1-30H/i1D,2D,3D,4D,5D,10D,11D,12D,13D,14D,15D,16D,21D,22D,23D,24D,25D,26D,27D,28D,29D,30D. The summed E-state index contributed by atoms with van der Waals surface area (Å²) in [6, 6.07) is -2.38. The number of hydrogen-bond donors (Lipinski definition) is 0. The first-order valence-corrected chi connectivity index (χ1v) is 15.1. The Labute approximate surface area is 315 Å². The van der Waals surface area contributed by atoms with Crippen LogP contribution in [-0.2, 0) is 0 Å².